The summed E-state index contributed by atoms with van der Waals surface area (Å²) >= 11 is 0. The van der Waals surface area contributed by atoms with Crippen LogP contribution in [0, 0.1) is 5.92 Å². The molecule has 3 N–H and O–H groups in total. The van der Waals surface area contributed by atoms with Gasteiger partial charge in [0.15, 0.2) is 0 Å². The molecule has 0 saturated heterocycles. The van der Waals surface area contributed by atoms with Crippen LogP contribution in [0.4, 0.5) is 0 Å². The van der Waals surface area contributed by atoms with Crippen LogP contribution in [0.3, 0.4) is 0 Å². The van der Waals surface area contributed by atoms with Crippen molar-refractivity contribution in [2.75, 3.05) is 26.7 Å². The Morgan fingerprint density at radius 2 is 1.88 bits per heavy atom. The van der Waals surface area contributed by atoms with Crippen molar-refractivity contribution in [1.29, 1.82) is 0 Å². The molecule has 0 aliphatic carbocycles. The van der Waals surface area contributed by atoms with Crippen molar-refractivity contribution in [2.24, 2.45) is 11.7 Å². The van der Waals surface area contributed by atoms with Crippen LogP contribution in [0.5, 0.6) is 0 Å². The summed E-state index contributed by atoms with van der Waals surface area (Å²) < 4.78 is 0. The summed E-state index contributed by atoms with van der Waals surface area (Å²) in [6.45, 7) is 5.95. The fourth-order valence-corrected chi connectivity index (χ4v) is 2.17. The number of aliphatic hydroxyl groups is 1. The smallest absolute Gasteiger partial charge is 0.0772 e. The van der Waals surface area contributed by atoms with Gasteiger partial charge in [-0.3, -0.25) is 0 Å². The zero-order chi connectivity index (χ0) is 12.9. The topological polar surface area (TPSA) is 49.5 Å². The molecule has 96 valence electrons. The molecule has 0 saturated carbocycles. The zero-order valence-electron chi connectivity index (χ0n) is 11.1. The van der Waals surface area contributed by atoms with E-state index >= 15 is 0 Å². The normalized spacial score (nSPS) is 15.2. The summed E-state index contributed by atoms with van der Waals surface area (Å²) in [7, 11) is 2.04. The van der Waals surface area contributed by atoms with Gasteiger partial charge < -0.3 is 15.7 Å². The number of nitrogens with zero attached hydrogens (tertiary/aromatic N) is 1. The molecule has 1 aromatic rings. The molecule has 17 heavy (non-hydrogen) atoms. The van der Waals surface area contributed by atoms with Crippen LogP contribution in [-0.2, 0) is 5.54 Å². The largest absolute Gasteiger partial charge is 0.394 e. The van der Waals surface area contributed by atoms with Crippen LogP contribution in [-0.4, -0.2) is 36.8 Å². The van der Waals surface area contributed by atoms with Gasteiger partial charge in [-0.2, -0.15) is 0 Å². The lowest BCUT2D eigenvalue weighted by Gasteiger charge is -2.33. The summed E-state index contributed by atoms with van der Waals surface area (Å²) in [6, 6.07) is 9.81. The number of hydrogen-bond donors (Lipinski definition) is 2. The lowest BCUT2D eigenvalue weighted by atomic mass is 9.91. The Labute approximate surface area is 104 Å². The van der Waals surface area contributed by atoms with Crippen LogP contribution in [0.2, 0.25) is 0 Å². The average molecular weight is 236 g/mol. The van der Waals surface area contributed by atoms with Crippen LogP contribution in [0.15, 0.2) is 30.3 Å². The molecule has 1 atom stereocenters. The molecule has 0 spiro atoms. The number of hydrogen-bond acceptors (Lipinski definition) is 3. The van der Waals surface area contributed by atoms with Crippen molar-refractivity contribution in [3.63, 3.8) is 0 Å². The van der Waals surface area contributed by atoms with E-state index in [1.165, 1.54) is 0 Å². The van der Waals surface area contributed by atoms with E-state index in [4.69, 9.17) is 5.73 Å². The standard InChI is InChI=1S/C14H24N2O/c1-12(2)9-16(3)10-14(15,11-17)13-7-5-4-6-8-13/h4-8,12,17H,9-11,15H2,1-3H3. The summed E-state index contributed by atoms with van der Waals surface area (Å²) in [5.41, 5.74) is 6.61. The summed E-state index contributed by atoms with van der Waals surface area (Å²) in [6.07, 6.45) is 0. The molecule has 0 heterocycles. The number of rotatable bonds is 6. The lowest BCUT2D eigenvalue weighted by molar-refractivity contribution is 0.144. The Kier molecular flexibility index (Phi) is 5.12. The zero-order valence-corrected chi connectivity index (χ0v) is 11.1. The minimum absolute atomic E-state index is 0.0422. The van der Waals surface area contributed by atoms with Crippen molar-refractivity contribution in [3.05, 3.63) is 35.9 Å². The summed E-state index contributed by atoms with van der Waals surface area (Å²) in [5, 5.41) is 9.57. The van der Waals surface area contributed by atoms with E-state index < -0.39 is 5.54 Å². The number of benzene rings is 1. The molecule has 0 radical (unpaired) electrons. The summed E-state index contributed by atoms with van der Waals surface area (Å²) in [4.78, 5) is 2.17. The molecule has 0 amide bonds. The molecular formula is C14H24N2O. The monoisotopic (exact) mass is 236 g/mol. The molecular weight excluding hydrogens is 212 g/mol. The van der Waals surface area contributed by atoms with Gasteiger partial charge in [0.05, 0.1) is 12.1 Å². The molecule has 1 rings (SSSR count). The van der Waals surface area contributed by atoms with E-state index in [1.807, 2.05) is 37.4 Å². The molecule has 0 fully saturated rings. The van der Waals surface area contributed by atoms with E-state index in [9.17, 15) is 5.11 Å². The number of likely N-dealkylation sites (N-methyl/N-ethyl adjacent to an activating group) is 1. The molecule has 0 aromatic heterocycles. The van der Waals surface area contributed by atoms with E-state index in [-0.39, 0.29) is 6.61 Å². The average Bonchev–Trinajstić information content (AvgIpc) is 2.29. The highest BCUT2D eigenvalue weighted by Gasteiger charge is 2.28. The van der Waals surface area contributed by atoms with E-state index in [0.29, 0.717) is 12.5 Å². The first-order valence-corrected chi connectivity index (χ1v) is 6.12. The second-order valence-corrected chi connectivity index (χ2v) is 5.27. The molecule has 0 aliphatic rings. The molecule has 1 unspecified atom stereocenters. The first-order chi connectivity index (χ1) is 7.98. The van der Waals surface area contributed by atoms with Gasteiger partial charge in [-0.25, -0.2) is 0 Å². The van der Waals surface area contributed by atoms with Crippen molar-refractivity contribution in [3.8, 4) is 0 Å². The van der Waals surface area contributed by atoms with Gasteiger partial charge in [0, 0.05) is 13.1 Å². The Hall–Kier alpha value is -0.900. The van der Waals surface area contributed by atoms with Crippen LogP contribution in [0.1, 0.15) is 19.4 Å². The Balaban J connectivity index is 2.76. The van der Waals surface area contributed by atoms with Crippen LogP contribution in [0.25, 0.3) is 0 Å². The lowest BCUT2D eigenvalue weighted by Crippen LogP contribution is -2.50. The van der Waals surface area contributed by atoms with Crippen molar-refractivity contribution in [1.82, 2.24) is 4.90 Å². The second kappa shape index (κ2) is 6.15. The first-order valence-electron chi connectivity index (χ1n) is 6.12. The van der Waals surface area contributed by atoms with Gasteiger partial charge in [0.25, 0.3) is 0 Å². The SMILES string of the molecule is CC(C)CN(C)CC(N)(CO)c1ccccc1. The third-order valence-corrected chi connectivity index (χ3v) is 2.86. The van der Waals surface area contributed by atoms with Gasteiger partial charge in [-0.1, -0.05) is 44.2 Å². The van der Waals surface area contributed by atoms with Gasteiger partial charge in [0.2, 0.25) is 0 Å². The second-order valence-electron chi connectivity index (χ2n) is 5.27. The Morgan fingerprint density at radius 1 is 1.29 bits per heavy atom. The fraction of sp³-hybridized carbons (Fsp3) is 0.571. The van der Waals surface area contributed by atoms with Crippen LogP contribution < -0.4 is 5.73 Å². The Morgan fingerprint density at radius 3 is 2.35 bits per heavy atom. The van der Waals surface area contributed by atoms with Crippen LogP contribution >= 0.6 is 0 Å². The van der Waals surface area contributed by atoms with Crippen molar-refractivity contribution < 1.29 is 5.11 Å². The maximum atomic E-state index is 9.57. The Bertz CT molecular complexity index is 326. The third kappa shape index (κ3) is 4.11. The maximum absolute atomic E-state index is 9.57. The number of aliphatic hydroxyl groups excluding tert-OH is 1. The minimum Gasteiger partial charge on any atom is -0.394 e. The third-order valence-electron chi connectivity index (χ3n) is 2.86. The van der Waals surface area contributed by atoms with Gasteiger partial charge in [-0.15, -0.1) is 0 Å². The highest BCUT2D eigenvalue weighted by atomic mass is 16.3. The highest BCUT2D eigenvalue weighted by molar-refractivity contribution is 5.24. The predicted octanol–water partition coefficient (Wildman–Crippen LogP) is 1.42. The highest BCUT2D eigenvalue weighted by Crippen LogP contribution is 2.18. The fourth-order valence-electron chi connectivity index (χ4n) is 2.17. The van der Waals surface area contributed by atoms with Gasteiger partial charge in [0.1, 0.15) is 0 Å². The van der Waals surface area contributed by atoms with Crippen molar-refractivity contribution in [2.45, 2.75) is 19.4 Å². The van der Waals surface area contributed by atoms with E-state index in [2.05, 4.69) is 18.7 Å². The molecule has 0 aliphatic heterocycles. The quantitative estimate of drug-likeness (QED) is 0.785. The van der Waals surface area contributed by atoms with E-state index in [1.54, 1.807) is 0 Å². The maximum Gasteiger partial charge on any atom is 0.0772 e. The molecule has 1 aromatic carbocycles. The summed E-state index contributed by atoms with van der Waals surface area (Å²) in [5.74, 6) is 0.596. The minimum atomic E-state index is -0.676. The molecule has 0 bridgehead atoms. The number of nitrogens with two attached hydrogens (primary N) is 1. The molecule has 3 heteroatoms. The van der Waals surface area contributed by atoms with Crippen molar-refractivity contribution >= 4 is 0 Å². The van der Waals surface area contributed by atoms with Gasteiger partial charge >= 0.3 is 0 Å². The van der Waals surface area contributed by atoms with E-state index in [0.717, 1.165) is 12.1 Å². The predicted molar refractivity (Wildman–Crippen MR) is 71.7 cm³/mol. The first kappa shape index (κ1) is 14.2. The van der Waals surface area contributed by atoms with Gasteiger partial charge in [-0.05, 0) is 18.5 Å². The molecule has 3 nitrogen and oxygen atoms in total.